The molecule has 0 aliphatic carbocycles. The average Bonchev–Trinajstić information content (AvgIpc) is 2.31. The fourth-order valence-corrected chi connectivity index (χ4v) is 3.01. The second-order valence-corrected chi connectivity index (χ2v) is 6.82. The van der Waals surface area contributed by atoms with Crippen molar-refractivity contribution in [3.05, 3.63) is 29.8 Å². The number of nitrogens with zero attached hydrogens (tertiary/aromatic N) is 1. The van der Waals surface area contributed by atoms with Gasteiger partial charge in [-0.25, -0.2) is 12.7 Å². The number of nitrogen functional groups attached to an aromatic ring is 1. The Balaban J connectivity index is 2.79. The summed E-state index contributed by atoms with van der Waals surface area (Å²) in [6.07, 6.45) is 0.966. The molecule has 0 aliphatic rings. The maximum absolute atomic E-state index is 12.2. The van der Waals surface area contributed by atoms with Gasteiger partial charge in [-0.1, -0.05) is 38.5 Å². The van der Waals surface area contributed by atoms with E-state index in [1.54, 1.807) is 31.3 Å². The predicted molar refractivity (Wildman–Crippen MR) is 75.6 cm³/mol. The molecule has 0 heterocycles. The Morgan fingerprint density at radius 1 is 1.33 bits per heavy atom. The molecule has 0 saturated heterocycles. The first-order valence-corrected chi connectivity index (χ1v) is 7.75. The normalized spacial score (nSPS) is 13.8. The lowest BCUT2D eigenvalue weighted by Crippen LogP contribution is -2.32. The predicted octanol–water partition coefficient (Wildman–Crippen LogP) is 2.08. The number of hydrogen-bond acceptors (Lipinski definition) is 3. The molecule has 1 atom stereocenters. The van der Waals surface area contributed by atoms with E-state index in [2.05, 4.69) is 6.92 Å². The van der Waals surface area contributed by atoms with Crippen molar-refractivity contribution < 1.29 is 8.42 Å². The third kappa shape index (κ3) is 3.99. The summed E-state index contributed by atoms with van der Waals surface area (Å²) in [5.41, 5.74) is 6.96. The molecule has 5 heteroatoms. The third-order valence-electron chi connectivity index (χ3n) is 3.13. The van der Waals surface area contributed by atoms with Gasteiger partial charge in [0, 0.05) is 19.3 Å². The summed E-state index contributed by atoms with van der Waals surface area (Å²) >= 11 is 0. The number of nitrogens with two attached hydrogens (primary N) is 1. The molecule has 0 bridgehead atoms. The van der Waals surface area contributed by atoms with Crippen LogP contribution in [0.1, 0.15) is 25.8 Å². The highest BCUT2D eigenvalue weighted by molar-refractivity contribution is 7.88. The van der Waals surface area contributed by atoms with Gasteiger partial charge in [-0.3, -0.25) is 0 Å². The monoisotopic (exact) mass is 270 g/mol. The van der Waals surface area contributed by atoms with E-state index < -0.39 is 10.0 Å². The van der Waals surface area contributed by atoms with Crippen molar-refractivity contribution in [2.45, 2.75) is 26.0 Å². The van der Waals surface area contributed by atoms with Crippen LogP contribution in [0, 0.1) is 5.92 Å². The zero-order valence-electron chi connectivity index (χ0n) is 11.3. The van der Waals surface area contributed by atoms with Crippen molar-refractivity contribution >= 4 is 15.7 Å². The molecule has 0 fully saturated rings. The van der Waals surface area contributed by atoms with Gasteiger partial charge in [0.1, 0.15) is 0 Å². The largest absolute Gasteiger partial charge is 0.398 e. The number of rotatable bonds is 6. The van der Waals surface area contributed by atoms with Crippen LogP contribution >= 0.6 is 0 Å². The highest BCUT2D eigenvalue weighted by Crippen LogP contribution is 2.17. The number of sulfonamides is 1. The minimum atomic E-state index is -3.29. The summed E-state index contributed by atoms with van der Waals surface area (Å²) in [6, 6.07) is 7.08. The van der Waals surface area contributed by atoms with Crippen LogP contribution in [0.2, 0.25) is 0 Å². The molecule has 0 amide bonds. The minimum Gasteiger partial charge on any atom is -0.398 e. The molecule has 18 heavy (non-hydrogen) atoms. The number of para-hydroxylation sites is 1. The molecule has 0 aliphatic heterocycles. The van der Waals surface area contributed by atoms with Crippen LogP contribution in [-0.4, -0.2) is 26.3 Å². The Hall–Kier alpha value is -1.07. The first-order chi connectivity index (χ1) is 8.36. The minimum absolute atomic E-state index is 0.0351. The van der Waals surface area contributed by atoms with Crippen molar-refractivity contribution in [1.82, 2.24) is 4.31 Å². The average molecular weight is 270 g/mol. The van der Waals surface area contributed by atoms with Gasteiger partial charge in [-0.15, -0.1) is 0 Å². The molecule has 0 radical (unpaired) electrons. The van der Waals surface area contributed by atoms with E-state index in [-0.39, 0.29) is 5.75 Å². The maximum Gasteiger partial charge on any atom is 0.218 e. The summed E-state index contributed by atoms with van der Waals surface area (Å²) in [5, 5.41) is 0. The Bertz CT molecular complexity index is 486. The van der Waals surface area contributed by atoms with Crippen LogP contribution in [0.4, 0.5) is 5.69 Å². The fourth-order valence-electron chi connectivity index (χ4n) is 1.65. The molecule has 0 aromatic heterocycles. The summed E-state index contributed by atoms with van der Waals surface area (Å²) in [7, 11) is -1.66. The second kappa shape index (κ2) is 6.20. The molecular weight excluding hydrogens is 248 g/mol. The molecule has 2 N–H and O–H groups in total. The number of anilines is 1. The molecule has 4 nitrogen and oxygen atoms in total. The zero-order valence-corrected chi connectivity index (χ0v) is 12.1. The van der Waals surface area contributed by atoms with Crippen molar-refractivity contribution in [3.8, 4) is 0 Å². The molecule has 1 aromatic carbocycles. The standard InChI is InChI=1S/C13H22N2O2S/c1-4-11(2)9-15(3)18(16,17)10-12-7-5-6-8-13(12)14/h5-8,11H,4,9-10,14H2,1-3H3. The van der Waals surface area contributed by atoms with E-state index in [0.29, 0.717) is 23.7 Å². The summed E-state index contributed by atoms with van der Waals surface area (Å²) < 4.78 is 25.8. The molecule has 1 rings (SSSR count). The summed E-state index contributed by atoms with van der Waals surface area (Å²) in [6.45, 7) is 4.65. The first kappa shape index (κ1) is 15.0. The summed E-state index contributed by atoms with van der Waals surface area (Å²) in [5.74, 6) is 0.324. The van der Waals surface area contributed by atoms with Crippen LogP contribution < -0.4 is 5.73 Å². The fraction of sp³-hybridized carbons (Fsp3) is 0.538. The van der Waals surface area contributed by atoms with Gasteiger partial charge in [0.2, 0.25) is 10.0 Å². The van der Waals surface area contributed by atoms with E-state index in [0.717, 1.165) is 6.42 Å². The quantitative estimate of drug-likeness (QED) is 0.805. The van der Waals surface area contributed by atoms with Gasteiger partial charge in [-0.2, -0.15) is 0 Å². The Kier molecular flexibility index (Phi) is 5.16. The van der Waals surface area contributed by atoms with Crippen molar-refractivity contribution in [3.63, 3.8) is 0 Å². The lowest BCUT2D eigenvalue weighted by Gasteiger charge is -2.20. The van der Waals surface area contributed by atoms with Crippen molar-refractivity contribution in [2.24, 2.45) is 5.92 Å². The van der Waals surface area contributed by atoms with Crippen molar-refractivity contribution in [2.75, 3.05) is 19.3 Å². The Labute approximate surface area is 110 Å². The number of benzene rings is 1. The van der Waals surface area contributed by atoms with Gasteiger partial charge in [0.25, 0.3) is 0 Å². The Morgan fingerprint density at radius 2 is 1.94 bits per heavy atom. The van der Waals surface area contributed by atoms with Crippen LogP contribution in [-0.2, 0) is 15.8 Å². The topological polar surface area (TPSA) is 63.4 Å². The molecule has 0 saturated carbocycles. The van der Waals surface area contributed by atoms with Gasteiger partial charge in [0.05, 0.1) is 5.75 Å². The maximum atomic E-state index is 12.2. The number of hydrogen-bond donors (Lipinski definition) is 1. The molecule has 1 aromatic rings. The lowest BCUT2D eigenvalue weighted by molar-refractivity contribution is 0.393. The highest BCUT2D eigenvalue weighted by Gasteiger charge is 2.20. The Morgan fingerprint density at radius 3 is 2.50 bits per heavy atom. The third-order valence-corrected chi connectivity index (χ3v) is 4.91. The second-order valence-electron chi connectivity index (χ2n) is 4.75. The molecular formula is C13H22N2O2S. The van der Waals surface area contributed by atoms with Gasteiger partial charge >= 0.3 is 0 Å². The van der Waals surface area contributed by atoms with E-state index in [9.17, 15) is 8.42 Å². The summed E-state index contributed by atoms with van der Waals surface area (Å²) in [4.78, 5) is 0. The molecule has 102 valence electrons. The van der Waals surface area contributed by atoms with Crippen LogP contribution in [0.5, 0.6) is 0 Å². The van der Waals surface area contributed by atoms with Crippen molar-refractivity contribution in [1.29, 1.82) is 0 Å². The molecule has 0 spiro atoms. The smallest absolute Gasteiger partial charge is 0.218 e. The first-order valence-electron chi connectivity index (χ1n) is 6.14. The zero-order chi connectivity index (χ0) is 13.8. The SMILES string of the molecule is CCC(C)CN(C)S(=O)(=O)Cc1ccccc1N. The van der Waals surface area contributed by atoms with Crippen LogP contribution in [0.3, 0.4) is 0 Å². The van der Waals surface area contributed by atoms with Gasteiger partial charge < -0.3 is 5.73 Å². The van der Waals surface area contributed by atoms with Crippen LogP contribution in [0.15, 0.2) is 24.3 Å². The van der Waals surface area contributed by atoms with Gasteiger partial charge in [0.15, 0.2) is 0 Å². The van der Waals surface area contributed by atoms with E-state index in [1.807, 2.05) is 6.92 Å². The van der Waals surface area contributed by atoms with E-state index in [1.165, 1.54) is 4.31 Å². The van der Waals surface area contributed by atoms with Gasteiger partial charge in [-0.05, 0) is 17.5 Å². The van der Waals surface area contributed by atoms with Crippen LogP contribution in [0.25, 0.3) is 0 Å². The lowest BCUT2D eigenvalue weighted by atomic mass is 10.1. The highest BCUT2D eigenvalue weighted by atomic mass is 32.2. The van der Waals surface area contributed by atoms with E-state index >= 15 is 0 Å². The molecule has 1 unspecified atom stereocenters. The van der Waals surface area contributed by atoms with E-state index in [4.69, 9.17) is 5.73 Å².